The zero-order valence-corrected chi connectivity index (χ0v) is 13.5. The molecule has 2 rings (SSSR count). The largest absolute Gasteiger partial charge is 0.481 e. The summed E-state index contributed by atoms with van der Waals surface area (Å²) in [7, 11) is 0. The maximum absolute atomic E-state index is 12.2. The minimum absolute atomic E-state index is 0.0617. The quantitative estimate of drug-likeness (QED) is 0.879. The molecule has 3 atom stereocenters. The van der Waals surface area contributed by atoms with Gasteiger partial charge in [0.15, 0.2) is 0 Å². The van der Waals surface area contributed by atoms with Crippen LogP contribution in [0.2, 0.25) is 10.0 Å². The summed E-state index contributed by atoms with van der Waals surface area (Å²) in [5.41, 5.74) is 0.534. The van der Waals surface area contributed by atoms with Crippen LogP contribution >= 0.6 is 23.2 Å². The lowest BCUT2D eigenvalue weighted by Gasteiger charge is -2.40. The summed E-state index contributed by atoms with van der Waals surface area (Å²) in [4.78, 5) is 25.2. The Morgan fingerprint density at radius 3 is 2.68 bits per heavy atom. The van der Waals surface area contributed by atoms with Crippen LogP contribution in [-0.4, -0.2) is 39.6 Å². The third-order valence-electron chi connectivity index (χ3n) is 3.77. The molecule has 22 heavy (non-hydrogen) atoms. The SMILES string of the molecule is CC(O)CN1C(=O)CCC(C(=O)O)C1c1ccc(Cl)cc1Cl. The van der Waals surface area contributed by atoms with Crippen LogP contribution in [0, 0.1) is 5.92 Å². The fourth-order valence-electron chi connectivity index (χ4n) is 2.84. The molecule has 1 fully saturated rings. The van der Waals surface area contributed by atoms with Gasteiger partial charge in [-0.05, 0) is 31.0 Å². The number of aliphatic carboxylic acids is 1. The average Bonchev–Trinajstić information content (AvgIpc) is 2.41. The Labute approximate surface area is 138 Å². The van der Waals surface area contributed by atoms with Crippen LogP contribution in [0.15, 0.2) is 18.2 Å². The Balaban J connectivity index is 2.49. The van der Waals surface area contributed by atoms with Crippen LogP contribution in [0.5, 0.6) is 0 Å². The van der Waals surface area contributed by atoms with Crippen LogP contribution in [0.1, 0.15) is 31.4 Å². The second-order valence-electron chi connectivity index (χ2n) is 5.49. The number of carboxylic acid groups (broad SMARTS) is 1. The number of hydrogen-bond donors (Lipinski definition) is 2. The summed E-state index contributed by atoms with van der Waals surface area (Å²) >= 11 is 12.1. The molecule has 0 aliphatic carbocycles. The number of likely N-dealkylation sites (tertiary alicyclic amines) is 1. The van der Waals surface area contributed by atoms with Gasteiger partial charge in [-0.15, -0.1) is 0 Å². The van der Waals surface area contributed by atoms with Crippen LogP contribution in [-0.2, 0) is 9.59 Å². The van der Waals surface area contributed by atoms with E-state index in [0.29, 0.717) is 15.6 Å². The molecule has 1 aliphatic heterocycles. The molecule has 1 amide bonds. The van der Waals surface area contributed by atoms with Crippen LogP contribution in [0.4, 0.5) is 0 Å². The average molecular weight is 346 g/mol. The topological polar surface area (TPSA) is 77.8 Å². The van der Waals surface area contributed by atoms with Crippen molar-refractivity contribution in [3.63, 3.8) is 0 Å². The molecule has 1 saturated heterocycles. The third kappa shape index (κ3) is 3.54. The second kappa shape index (κ2) is 6.86. The van der Waals surface area contributed by atoms with E-state index < -0.39 is 24.0 Å². The van der Waals surface area contributed by atoms with Crippen molar-refractivity contribution in [3.05, 3.63) is 33.8 Å². The number of aliphatic hydroxyl groups is 1. The molecule has 0 bridgehead atoms. The first-order chi connectivity index (χ1) is 10.3. The van der Waals surface area contributed by atoms with Gasteiger partial charge in [0.05, 0.1) is 18.1 Å². The standard InChI is InChI=1S/C15H17Cl2NO4/c1-8(19)7-18-13(20)5-4-11(15(21)22)14(18)10-3-2-9(16)6-12(10)17/h2-3,6,8,11,14,19H,4-5,7H2,1H3,(H,21,22). The van der Waals surface area contributed by atoms with Gasteiger partial charge in [-0.3, -0.25) is 9.59 Å². The fourth-order valence-corrected chi connectivity index (χ4v) is 3.36. The second-order valence-corrected chi connectivity index (χ2v) is 6.33. The molecule has 1 aromatic carbocycles. The number of piperidine rings is 1. The number of β-amino-alcohol motifs (C(OH)–C–C–N with tert-alkyl or cyclic N) is 1. The van der Waals surface area contributed by atoms with Gasteiger partial charge in [0.1, 0.15) is 0 Å². The summed E-state index contributed by atoms with van der Waals surface area (Å²) in [5.74, 6) is -1.94. The predicted octanol–water partition coefficient (Wildman–Crippen LogP) is 2.74. The van der Waals surface area contributed by atoms with Gasteiger partial charge in [-0.1, -0.05) is 29.3 Å². The Hall–Kier alpha value is -1.30. The zero-order valence-electron chi connectivity index (χ0n) is 12.0. The van der Waals surface area contributed by atoms with Crippen molar-refractivity contribution in [1.29, 1.82) is 0 Å². The van der Waals surface area contributed by atoms with Gasteiger partial charge in [-0.2, -0.15) is 0 Å². The number of carbonyl (C=O) groups is 2. The minimum atomic E-state index is -0.987. The van der Waals surface area contributed by atoms with E-state index in [9.17, 15) is 19.8 Å². The molecule has 2 N–H and O–H groups in total. The van der Waals surface area contributed by atoms with Crippen LogP contribution in [0.3, 0.4) is 0 Å². The number of hydrogen-bond acceptors (Lipinski definition) is 3. The highest BCUT2D eigenvalue weighted by Crippen LogP contribution is 2.40. The van der Waals surface area contributed by atoms with Crippen molar-refractivity contribution in [3.8, 4) is 0 Å². The molecule has 0 aromatic heterocycles. The molecule has 1 aromatic rings. The smallest absolute Gasteiger partial charge is 0.308 e. The highest BCUT2D eigenvalue weighted by Gasteiger charge is 2.41. The number of amides is 1. The number of carboxylic acids is 1. The molecule has 0 saturated carbocycles. The van der Waals surface area contributed by atoms with E-state index in [1.165, 1.54) is 11.0 Å². The van der Waals surface area contributed by atoms with Crippen LogP contribution in [0.25, 0.3) is 0 Å². The fraction of sp³-hybridized carbons (Fsp3) is 0.467. The number of benzene rings is 1. The number of carbonyl (C=O) groups excluding carboxylic acids is 1. The molecular formula is C15H17Cl2NO4. The molecule has 0 radical (unpaired) electrons. The van der Waals surface area contributed by atoms with E-state index in [0.717, 1.165) is 0 Å². The number of rotatable bonds is 4. The van der Waals surface area contributed by atoms with E-state index >= 15 is 0 Å². The Kier molecular flexibility index (Phi) is 5.32. The van der Waals surface area contributed by atoms with Crippen molar-refractivity contribution in [2.24, 2.45) is 5.92 Å². The van der Waals surface area contributed by atoms with E-state index in [1.54, 1.807) is 19.1 Å². The highest BCUT2D eigenvalue weighted by molar-refractivity contribution is 6.35. The monoisotopic (exact) mass is 345 g/mol. The molecule has 0 spiro atoms. The number of aliphatic hydroxyl groups excluding tert-OH is 1. The summed E-state index contributed by atoms with van der Waals surface area (Å²) in [6.07, 6.45) is -0.371. The highest BCUT2D eigenvalue weighted by atomic mass is 35.5. The Morgan fingerprint density at radius 1 is 1.45 bits per heavy atom. The van der Waals surface area contributed by atoms with Crippen molar-refractivity contribution in [2.75, 3.05) is 6.54 Å². The van der Waals surface area contributed by atoms with Gasteiger partial charge < -0.3 is 15.1 Å². The van der Waals surface area contributed by atoms with Crippen molar-refractivity contribution in [1.82, 2.24) is 4.90 Å². The Bertz CT molecular complexity index is 591. The first-order valence-corrected chi connectivity index (χ1v) is 7.72. The van der Waals surface area contributed by atoms with E-state index in [2.05, 4.69) is 0 Å². The third-order valence-corrected chi connectivity index (χ3v) is 4.33. The zero-order chi connectivity index (χ0) is 16.4. The van der Waals surface area contributed by atoms with Gasteiger partial charge in [0.2, 0.25) is 5.91 Å². The Morgan fingerprint density at radius 2 is 2.14 bits per heavy atom. The summed E-state index contributed by atoms with van der Waals surface area (Å²) in [6.45, 7) is 1.62. The van der Waals surface area contributed by atoms with E-state index in [1.807, 2.05) is 0 Å². The first kappa shape index (κ1) is 17.1. The van der Waals surface area contributed by atoms with Crippen molar-refractivity contribution >= 4 is 35.1 Å². The van der Waals surface area contributed by atoms with E-state index in [4.69, 9.17) is 23.2 Å². The van der Waals surface area contributed by atoms with Crippen LogP contribution < -0.4 is 0 Å². The molecule has 1 heterocycles. The number of nitrogens with zero attached hydrogens (tertiary/aromatic N) is 1. The lowest BCUT2D eigenvalue weighted by molar-refractivity contribution is -0.153. The summed E-state index contributed by atoms with van der Waals surface area (Å²) in [5, 5.41) is 19.9. The predicted molar refractivity (Wildman–Crippen MR) is 83.0 cm³/mol. The van der Waals surface area contributed by atoms with Crippen molar-refractivity contribution < 1.29 is 19.8 Å². The lowest BCUT2D eigenvalue weighted by atomic mass is 9.84. The molecule has 120 valence electrons. The summed E-state index contributed by atoms with van der Waals surface area (Å²) < 4.78 is 0. The van der Waals surface area contributed by atoms with Gasteiger partial charge in [0.25, 0.3) is 0 Å². The van der Waals surface area contributed by atoms with Crippen molar-refractivity contribution in [2.45, 2.75) is 31.9 Å². The van der Waals surface area contributed by atoms with Gasteiger partial charge in [0, 0.05) is 23.0 Å². The van der Waals surface area contributed by atoms with Gasteiger partial charge in [-0.25, -0.2) is 0 Å². The molecule has 5 nitrogen and oxygen atoms in total. The maximum atomic E-state index is 12.2. The number of halogens is 2. The summed E-state index contributed by atoms with van der Waals surface area (Å²) in [6, 6.07) is 4.06. The molecule has 3 unspecified atom stereocenters. The van der Waals surface area contributed by atoms with E-state index in [-0.39, 0.29) is 25.3 Å². The lowest BCUT2D eigenvalue weighted by Crippen LogP contribution is -2.47. The minimum Gasteiger partial charge on any atom is -0.481 e. The first-order valence-electron chi connectivity index (χ1n) is 6.96. The molecule has 7 heteroatoms. The maximum Gasteiger partial charge on any atom is 0.308 e. The normalized spacial score (nSPS) is 23.5. The van der Waals surface area contributed by atoms with Gasteiger partial charge >= 0.3 is 5.97 Å². The molecule has 1 aliphatic rings. The molecular weight excluding hydrogens is 329 g/mol.